The van der Waals surface area contributed by atoms with Crippen molar-refractivity contribution in [3.05, 3.63) is 126 Å². The van der Waals surface area contributed by atoms with E-state index in [1.165, 1.54) is 17.3 Å². The van der Waals surface area contributed by atoms with Crippen molar-refractivity contribution < 1.29 is 74.9 Å². The third kappa shape index (κ3) is 12.3. The molecule has 0 aliphatic carbocycles. The fourth-order valence-electron chi connectivity index (χ4n) is 6.96. The van der Waals surface area contributed by atoms with E-state index >= 15 is 0 Å². The fourth-order valence-corrected chi connectivity index (χ4v) is 8.51. The molecule has 0 saturated carbocycles. The molecule has 10 N–H and O–H groups in total. The molecule has 1 aromatic heterocycles. The number of aliphatic imine (C=N–C) groups is 1. The number of carbonyl (C=O) groups is 2. The van der Waals surface area contributed by atoms with Gasteiger partial charge in [-0.15, -0.1) is 0 Å². The number of rotatable bonds is 10. The van der Waals surface area contributed by atoms with Gasteiger partial charge in [0.25, 0.3) is 6.47 Å². The minimum Gasteiger partial charge on any atom is -0.744 e. The van der Waals surface area contributed by atoms with E-state index in [9.17, 15) is 35.5 Å². The number of fused-ring (bicyclic) bond motifs is 2. The number of nitrogens with two attached hydrogens (primary N) is 4. The molecule has 20 heteroatoms. The molecule has 0 fully saturated rings. The maximum absolute atomic E-state index is 11.9. The number of nitrogens with one attached hydrogen (secondary N) is 1. The van der Waals surface area contributed by atoms with Crippen LogP contribution in [0.4, 0.5) is 28.4 Å². The van der Waals surface area contributed by atoms with Gasteiger partial charge in [-0.2, -0.15) is 0 Å². The molecule has 8 rings (SSSR count). The molecular weight excluding hydrogens is 910 g/mol. The summed E-state index contributed by atoms with van der Waals surface area (Å²) in [7, 11) is -9.54. The number of hydrogen-bond acceptors (Lipinski definition) is 15. The molecule has 1 aliphatic heterocycles. The minimum atomic E-state index is -4.95. The molecular formula is C47H45N7NaO10S2-. The van der Waals surface area contributed by atoms with Crippen LogP contribution in [0.15, 0.2) is 124 Å². The van der Waals surface area contributed by atoms with Crippen molar-refractivity contribution in [2.75, 3.05) is 22.9 Å². The molecule has 0 saturated heterocycles. The molecule has 0 spiro atoms. The topological polar surface area (TPSA) is 323 Å². The first-order chi connectivity index (χ1) is 31.0. The summed E-state index contributed by atoms with van der Waals surface area (Å²) in [4.78, 5) is 32.1. The van der Waals surface area contributed by atoms with E-state index in [2.05, 4.69) is 46.8 Å². The van der Waals surface area contributed by atoms with Crippen LogP contribution in [-0.4, -0.2) is 59.2 Å². The van der Waals surface area contributed by atoms with Crippen molar-refractivity contribution >= 4 is 77.9 Å². The molecule has 67 heavy (non-hydrogen) atoms. The third-order valence-corrected chi connectivity index (χ3v) is 12.3. The average molecular weight is 955 g/mol. The van der Waals surface area contributed by atoms with Crippen LogP contribution in [-0.2, 0) is 31.5 Å². The Morgan fingerprint density at radius 2 is 1.24 bits per heavy atom. The number of carboxylic acid groups (broad SMARTS) is 1. The third-order valence-electron chi connectivity index (χ3n) is 10.5. The predicted octanol–water partition coefficient (Wildman–Crippen LogP) is 4.72. The normalized spacial score (nSPS) is 12.0. The largest absolute Gasteiger partial charge is 1.00 e. The Morgan fingerprint density at radius 1 is 0.687 bits per heavy atom. The van der Waals surface area contributed by atoms with Crippen LogP contribution in [0.1, 0.15) is 55.1 Å². The van der Waals surface area contributed by atoms with Crippen LogP contribution in [0.3, 0.4) is 0 Å². The number of H-pyrrole nitrogens is 1. The van der Waals surface area contributed by atoms with Gasteiger partial charge in [0, 0.05) is 17.7 Å². The molecule has 342 valence electrons. The van der Waals surface area contributed by atoms with Crippen LogP contribution in [0, 0.1) is 5.92 Å². The van der Waals surface area contributed by atoms with E-state index < -0.39 is 36.7 Å². The summed E-state index contributed by atoms with van der Waals surface area (Å²) < 4.78 is 72.1. The molecule has 7 aromatic rings. The Hall–Kier alpha value is -6.58. The minimum absolute atomic E-state index is 0. The Kier molecular flexibility index (Phi) is 16.1. The molecule has 17 nitrogen and oxygen atoms in total. The van der Waals surface area contributed by atoms with Crippen molar-refractivity contribution in [3.63, 3.8) is 0 Å². The number of anilines is 4. The van der Waals surface area contributed by atoms with Gasteiger partial charge in [-0.1, -0.05) is 64.1 Å². The summed E-state index contributed by atoms with van der Waals surface area (Å²) in [6.45, 7) is 8.08. The molecule has 0 bridgehead atoms. The zero-order valence-electron chi connectivity index (χ0n) is 37.0. The first kappa shape index (κ1) is 51.4. The first-order valence-electron chi connectivity index (χ1n) is 20.1. The maximum Gasteiger partial charge on any atom is 1.00 e. The number of nitrogen functional groups attached to an aromatic ring is 4. The first-order valence-corrected chi connectivity index (χ1v) is 22.9. The van der Waals surface area contributed by atoms with E-state index in [4.69, 9.17) is 33.0 Å². The smallest absolute Gasteiger partial charge is 0.744 e. The Bertz CT molecular complexity index is 3230. The van der Waals surface area contributed by atoms with Gasteiger partial charge in [-0.3, -0.25) is 9.79 Å². The zero-order valence-corrected chi connectivity index (χ0v) is 40.6. The molecule has 0 unspecified atom stereocenters. The van der Waals surface area contributed by atoms with Crippen molar-refractivity contribution in [3.8, 4) is 39.4 Å². The van der Waals surface area contributed by atoms with E-state index in [0.717, 1.165) is 57.5 Å². The Labute approximate surface area is 409 Å². The quantitative estimate of drug-likeness (QED) is 0.0468. The number of ether oxygens (including phenoxy) is 1. The summed E-state index contributed by atoms with van der Waals surface area (Å²) in [6, 6.07) is 30.9. The van der Waals surface area contributed by atoms with Crippen molar-refractivity contribution in [2.24, 2.45) is 10.9 Å². The van der Waals surface area contributed by atoms with Gasteiger partial charge in [0.05, 0.1) is 54.8 Å². The molecule has 2 heterocycles. The maximum atomic E-state index is 11.9. The van der Waals surface area contributed by atoms with Crippen LogP contribution in [0.2, 0.25) is 0 Å². The molecule has 0 radical (unpaired) electrons. The van der Waals surface area contributed by atoms with Gasteiger partial charge >= 0.3 is 35.5 Å². The van der Waals surface area contributed by atoms with Gasteiger partial charge in [0.15, 0.2) is 0 Å². The van der Waals surface area contributed by atoms with Gasteiger partial charge in [0.2, 0.25) is 0 Å². The van der Waals surface area contributed by atoms with Gasteiger partial charge in [-0.05, 0) is 118 Å². The summed E-state index contributed by atoms with van der Waals surface area (Å²) >= 11 is 0. The number of aromatic nitrogens is 2. The predicted molar refractivity (Wildman–Crippen MR) is 252 cm³/mol. The van der Waals surface area contributed by atoms with E-state index in [-0.39, 0.29) is 52.6 Å². The zero-order chi connectivity index (χ0) is 48.2. The van der Waals surface area contributed by atoms with E-state index in [1.807, 2.05) is 56.3 Å². The number of carboxylic acids is 1. The summed E-state index contributed by atoms with van der Waals surface area (Å²) in [5.74, 6) is -0.916. The second-order valence-corrected chi connectivity index (χ2v) is 18.5. The second-order valence-electron chi connectivity index (χ2n) is 15.8. The summed E-state index contributed by atoms with van der Waals surface area (Å²) in [5.41, 5.74) is 34.7. The monoisotopic (exact) mass is 954 g/mol. The van der Waals surface area contributed by atoms with Crippen LogP contribution < -0.4 is 57.2 Å². The van der Waals surface area contributed by atoms with Gasteiger partial charge < -0.3 is 46.9 Å². The Morgan fingerprint density at radius 3 is 1.78 bits per heavy atom. The molecule has 0 atom stereocenters. The molecule has 6 aromatic carbocycles. The van der Waals surface area contributed by atoms with Crippen molar-refractivity contribution in [1.82, 2.24) is 9.97 Å². The second kappa shape index (κ2) is 20.9. The number of hydrogen-bond donors (Lipinski definition) is 6. The molecule has 1 aliphatic rings. The van der Waals surface area contributed by atoms with Crippen LogP contribution in [0.5, 0.6) is 5.75 Å². The van der Waals surface area contributed by atoms with Gasteiger partial charge in [0.1, 0.15) is 31.8 Å². The number of nitrogens with zero attached hydrogens (tertiary/aromatic N) is 2. The summed E-state index contributed by atoms with van der Waals surface area (Å²) in [6.07, 6.45) is 0.884. The number of carbonyl (C=O) groups excluding carboxylic acids is 1. The SMILES string of the molecule is CC(C)C1=Nc2ccc(-c3ccc4nc(-c5ccc(C(C)C)c(S(=O)(=O)[O-])c5)[nH]c4c3)cc2C1.Nc1ccc(-c2ccc(N)c(N)c2)cc1N.O=COc1ccc(C(=O)O)c(S(=O)(=O)[O-])c1.[Na+]. The summed E-state index contributed by atoms with van der Waals surface area (Å²) in [5, 5.41) is 8.64. The van der Waals surface area contributed by atoms with Crippen LogP contribution >= 0.6 is 0 Å². The van der Waals surface area contributed by atoms with E-state index in [1.54, 1.807) is 24.3 Å². The van der Waals surface area contributed by atoms with Crippen molar-refractivity contribution in [1.29, 1.82) is 0 Å². The standard InChI is InChI=1S/C27H27N3O3S.C12H14N4.C8H6O7S.Na/c1-15(2)21-8-5-19(14-26(21)34(31,32)33)27-29-23-10-7-18(12-25(23)30-27)17-6-9-22-20(11-17)13-24(28-22)16(3)4;13-9-3-1-7(5-11(9)15)8-2-4-10(14)12(16)6-8;9-4-15-5-1-2-6(8(10)11)7(3-5)16(12,13)14;/h5-12,14-16H,13H2,1-4H3,(H,29,30)(H,31,32,33);1-6H,13-16H2;1-4H,(H,10,11)(H,12,13,14);/q;;;+1/p-2. The number of aromatic carboxylic acids is 1. The Balaban J connectivity index is 0.000000213. The van der Waals surface area contributed by atoms with E-state index in [0.29, 0.717) is 51.7 Å². The molecule has 0 amide bonds. The van der Waals surface area contributed by atoms with Gasteiger partial charge in [-0.25, -0.2) is 26.6 Å². The number of imidazole rings is 1. The number of aromatic amines is 1. The van der Waals surface area contributed by atoms with Crippen molar-refractivity contribution in [2.45, 2.75) is 49.8 Å². The number of benzene rings is 6. The average Bonchev–Trinajstić information content (AvgIpc) is 3.90. The fraction of sp³-hybridized carbons (Fsp3) is 0.149. The van der Waals surface area contributed by atoms with Crippen LogP contribution in [0.25, 0.3) is 44.7 Å².